The highest BCUT2D eigenvalue weighted by Gasteiger charge is 2.20. The van der Waals surface area contributed by atoms with Gasteiger partial charge in [-0.25, -0.2) is 0 Å². The Morgan fingerprint density at radius 1 is 1.06 bits per heavy atom. The summed E-state index contributed by atoms with van der Waals surface area (Å²) in [6.07, 6.45) is 5.26. The summed E-state index contributed by atoms with van der Waals surface area (Å²) in [5, 5.41) is 8.94. The van der Waals surface area contributed by atoms with Crippen LogP contribution in [0.1, 0.15) is 24.8 Å². The fraction of sp³-hybridized carbons (Fsp3) is 0.214. The highest BCUT2D eigenvalue weighted by Crippen LogP contribution is 2.25. The Hall–Kier alpha value is -1.83. The zero-order valence-electron chi connectivity index (χ0n) is 9.02. The number of carbonyl (C=O) groups excluding carboxylic acids is 1. The molecule has 0 spiro atoms. The van der Waals surface area contributed by atoms with Gasteiger partial charge in [0.1, 0.15) is 0 Å². The minimum absolute atomic E-state index is 0.0161. The molecule has 16 heavy (non-hydrogen) atoms. The van der Waals surface area contributed by atoms with Crippen LogP contribution in [0.25, 0.3) is 6.08 Å². The Bertz CT molecular complexity index is 441. The molecule has 82 valence electrons. The van der Waals surface area contributed by atoms with Gasteiger partial charge >= 0.3 is 0 Å². The van der Waals surface area contributed by atoms with Gasteiger partial charge in [0, 0.05) is 11.1 Å². The van der Waals surface area contributed by atoms with Crippen molar-refractivity contribution in [1.29, 1.82) is 0 Å². The monoisotopic (exact) mass is 214 g/mol. The molecule has 2 heteroatoms. The molecule has 1 aliphatic carbocycles. The molecule has 0 amide bonds. The molecule has 0 heterocycles. The van der Waals surface area contributed by atoms with E-state index in [9.17, 15) is 4.79 Å². The molecule has 0 bridgehead atoms. The van der Waals surface area contributed by atoms with Gasteiger partial charge < -0.3 is 5.11 Å². The molecule has 1 saturated carbocycles. The molecule has 0 radical (unpaired) electrons. The average Bonchev–Trinajstić information content (AvgIpc) is 2.33. The Kier molecular flexibility index (Phi) is 3.20. The molecule has 0 aromatic heterocycles. The third-order valence-electron chi connectivity index (χ3n) is 2.77. The first kappa shape index (κ1) is 10.7. The Balaban J connectivity index is 2.27. The van der Waals surface area contributed by atoms with E-state index in [4.69, 9.17) is 5.11 Å². The summed E-state index contributed by atoms with van der Waals surface area (Å²) in [6.45, 7) is 0. The van der Waals surface area contributed by atoms with Crippen LogP contribution >= 0.6 is 0 Å². The van der Waals surface area contributed by atoms with E-state index < -0.39 is 0 Å². The van der Waals surface area contributed by atoms with Gasteiger partial charge in [-0.3, -0.25) is 4.79 Å². The first-order valence-corrected chi connectivity index (χ1v) is 5.45. The molecule has 1 N–H and O–H groups in total. The van der Waals surface area contributed by atoms with Crippen LogP contribution in [0.4, 0.5) is 0 Å². The highest BCUT2D eigenvalue weighted by molar-refractivity contribution is 6.11. The van der Waals surface area contributed by atoms with Crippen LogP contribution in [0.15, 0.2) is 47.7 Å². The van der Waals surface area contributed by atoms with Gasteiger partial charge in [-0.1, -0.05) is 30.3 Å². The van der Waals surface area contributed by atoms with Crippen molar-refractivity contribution >= 4 is 11.9 Å². The number of allylic oxidation sites excluding steroid dienone is 2. The van der Waals surface area contributed by atoms with Crippen molar-refractivity contribution in [3.63, 3.8) is 0 Å². The molecule has 0 saturated heterocycles. The van der Waals surface area contributed by atoms with Crippen LogP contribution in [-0.4, -0.2) is 10.9 Å². The van der Waals surface area contributed by atoms with Crippen molar-refractivity contribution < 1.29 is 9.90 Å². The van der Waals surface area contributed by atoms with Gasteiger partial charge in [-0.15, -0.1) is 0 Å². The summed E-state index contributed by atoms with van der Waals surface area (Å²) in [6, 6.07) is 9.78. The molecule has 0 atom stereocenters. The lowest BCUT2D eigenvalue weighted by atomic mass is 9.88. The molecule has 1 fully saturated rings. The van der Waals surface area contributed by atoms with Crippen LogP contribution in [0.3, 0.4) is 0 Å². The van der Waals surface area contributed by atoms with Crippen LogP contribution < -0.4 is 0 Å². The van der Waals surface area contributed by atoms with Crippen molar-refractivity contribution in [2.24, 2.45) is 0 Å². The van der Waals surface area contributed by atoms with Gasteiger partial charge in [0.25, 0.3) is 0 Å². The second-order valence-corrected chi connectivity index (χ2v) is 3.92. The van der Waals surface area contributed by atoms with Crippen molar-refractivity contribution in [3.05, 3.63) is 53.3 Å². The van der Waals surface area contributed by atoms with Gasteiger partial charge in [0.05, 0.1) is 6.26 Å². The minimum atomic E-state index is -0.0161. The van der Waals surface area contributed by atoms with Crippen molar-refractivity contribution in [3.8, 4) is 0 Å². The van der Waals surface area contributed by atoms with E-state index >= 15 is 0 Å². The van der Waals surface area contributed by atoms with Gasteiger partial charge in [0.2, 0.25) is 0 Å². The lowest BCUT2D eigenvalue weighted by Crippen LogP contribution is -2.12. The number of rotatable bonds is 1. The van der Waals surface area contributed by atoms with Gasteiger partial charge in [-0.2, -0.15) is 0 Å². The lowest BCUT2D eigenvalue weighted by molar-refractivity contribution is -0.113. The molecule has 2 nitrogen and oxygen atoms in total. The van der Waals surface area contributed by atoms with E-state index in [0.717, 1.165) is 30.2 Å². The second kappa shape index (κ2) is 4.79. The quantitative estimate of drug-likeness (QED) is 0.575. The van der Waals surface area contributed by atoms with Crippen LogP contribution in [0.2, 0.25) is 0 Å². The predicted molar refractivity (Wildman–Crippen MR) is 64.0 cm³/mol. The van der Waals surface area contributed by atoms with E-state index in [0.29, 0.717) is 12.0 Å². The van der Waals surface area contributed by atoms with Crippen LogP contribution in [0.5, 0.6) is 0 Å². The van der Waals surface area contributed by atoms with Crippen LogP contribution in [0, 0.1) is 0 Å². The van der Waals surface area contributed by atoms with Crippen molar-refractivity contribution in [2.75, 3.05) is 0 Å². The minimum Gasteiger partial charge on any atom is -0.515 e. The fourth-order valence-electron chi connectivity index (χ4n) is 1.91. The maximum atomic E-state index is 11.9. The summed E-state index contributed by atoms with van der Waals surface area (Å²) in [5.41, 5.74) is 2.34. The van der Waals surface area contributed by atoms with Crippen LogP contribution in [-0.2, 0) is 4.79 Å². The number of carbonyl (C=O) groups is 1. The first-order valence-electron chi connectivity index (χ1n) is 5.45. The Morgan fingerprint density at radius 2 is 1.75 bits per heavy atom. The molecular formula is C14H14O2. The summed E-state index contributed by atoms with van der Waals surface area (Å²) >= 11 is 0. The third-order valence-corrected chi connectivity index (χ3v) is 2.77. The molecule has 1 aromatic rings. The van der Waals surface area contributed by atoms with E-state index in [1.165, 1.54) is 0 Å². The summed E-state index contributed by atoms with van der Waals surface area (Å²) < 4.78 is 0. The SMILES string of the molecule is O=C1C(=Cc2ccccc2)CCC/C1=C/O. The first-order chi connectivity index (χ1) is 7.81. The number of Topliss-reactive ketones (excluding diaryl/α,β-unsaturated/α-hetero) is 1. The lowest BCUT2D eigenvalue weighted by Gasteiger charge is -2.15. The van der Waals surface area contributed by atoms with E-state index in [1.54, 1.807) is 0 Å². The predicted octanol–water partition coefficient (Wildman–Crippen LogP) is 3.26. The topological polar surface area (TPSA) is 37.3 Å². The Labute approximate surface area is 94.9 Å². The molecule has 0 unspecified atom stereocenters. The summed E-state index contributed by atoms with van der Waals surface area (Å²) in [7, 11) is 0. The second-order valence-electron chi connectivity index (χ2n) is 3.92. The fourth-order valence-corrected chi connectivity index (χ4v) is 1.91. The zero-order chi connectivity index (χ0) is 11.4. The Morgan fingerprint density at radius 3 is 2.44 bits per heavy atom. The molecule has 0 aliphatic heterocycles. The number of hydrogen-bond donors (Lipinski definition) is 1. The van der Waals surface area contributed by atoms with Crippen molar-refractivity contribution in [1.82, 2.24) is 0 Å². The maximum Gasteiger partial charge on any atom is 0.188 e. The van der Waals surface area contributed by atoms with Gasteiger partial charge in [-0.05, 0) is 30.9 Å². The van der Waals surface area contributed by atoms with Gasteiger partial charge in [0.15, 0.2) is 5.78 Å². The number of hydrogen-bond acceptors (Lipinski definition) is 2. The van der Waals surface area contributed by atoms with E-state index in [2.05, 4.69) is 0 Å². The third kappa shape index (κ3) is 2.22. The zero-order valence-corrected chi connectivity index (χ0v) is 9.02. The van der Waals surface area contributed by atoms with Crippen molar-refractivity contribution in [2.45, 2.75) is 19.3 Å². The number of ketones is 1. The van der Waals surface area contributed by atoms with E-state index in [-0.39, 0.29) is 5.78 Å². The molecule has 1 aromatic carbocycles. The van der Waals surface area contributed by atoms with E-state index in [1.807, 2.05) is 36.4 Å². The standard InChI is InChI=1S/C14H14O2/c15-10-13-8-4-7-12(14(13)16)9-11-5-2-1-3-6-11/h1-3,5-6,9-10,15H,4,7-8H2/b12-9?,13-10-. The number of aliphatic hydroxyl groups excluding tert-OH is 1. The highest BCUT2D eigenvalue weighted by atomic mass is 16.2. The maximum absolute atomic E-state index is 11.9. The smallest absolute Gasteiger partial charge is 0.188 e. The number of benzene rings is 1. The molecule has 2 rings (SSSR count). The average molecular weight is 214 g/mol. The molecule has 1 aliphatic rings. The number of aliphatic hydroxyl groups is 1. The largest absolute Gasteiger partial charge is 0.515 e. The summed E-state index contributed by atoms with van der Waals surface area (Å²) in [4.78, 5) is 11.9. The summed E-state index contributed by atoms with van der Waals surface area (Å²) in [5.74, 6) is -0.0161. The normalized spacial score (nSPS) is 21.6. The molecular weight excluding hydrogens is 200 g/mol.